The van der Waals surface area contributed by atoms with E-state index in [4.69, 9.17) is 0 Å². The number of rotatable bonds is 1. The van der Waals surface area contributed by atoms with Crippen LogP contribution in [-0.4, -0.2) is 39.7 Å². The van der Waals surface area contributed by atoms with Crippen LogP contribution in [0.3, 0.4) is 0 Å². The van der Waals surface area contributed by atoms with Gasteiger partial charge in [0.15, 0.2) is 0 Å². The second-order valence-electron chi connectivity index (χ2n) is 7.36. The summed E-state index contributed by atoms with van der Waals surface area (Å²) in [6.07, 6.45) is 2.22. The summed E-state index contributed by atoms with van der Waals surface area (Å²) in [7, 11) is 0. The summed E-state index contributed by atoms with van der Waals surface area (Å²) in [4.78, 5) is 15.4. The van der Waals surface area contributed by atoms with Crippen molar-refractivity contribution in [3.8, 4) is 0 Å². The summed E-state index contributed by atoms with van der Waals surface area (Å²) in [5, 5.41) is 11.9. The lowest BCUT2D eigenvalue weighted by Gasteiger charge is -2.50. The van der Waals surface area contributed by atoms with Gasteiger partial charge >= 0.3 is 0 Å². The minimum atomic E-state index is -0.869. The molecule has 3 aliphatic heterocycles. The van der Waals surface area contributed by atoms with Gasteiger partial charge in [-0.2, -0.15) is 0 Å². The number of aromatic nitrogens is 1. The molecule has 0 bridgehead atoms. The molecule has 0 spiro atoms. The Morgan fingerprint density at radius 1 is 1.30 bits per heavy atom. The Kier molecular flexibility index (Phi) is 2.80. The lowest BCUT2D eigenvalue weighted by atomic mass is 9.73. The first kappa shape index (κ1) is 13.8. The number of aliphatic hydroxyl groups is 1. The highest BCUT2D eigenvalue weighted by Crippen LogP contribution is 2.49. The third kappa shape index (κ3) is 1.65. The summed E-state index contributed by atoms with van der Waals surface area (Å²) in [5.41, 5.74) is 3.48. The summed E-state index contributed by atoms with van der Waals surface area (Å²) in [5.74, 6) is 0.524. The van der Waals surface area contributed by atoms with Crippen LogP contribution < -0.4 is 0 Å². The number of benzene rings is 1. The molecule has 0 amide bonds. The van der Waals surface area contributed by atoms with Crippen molar-refractivity contribution in [1.29, 1.82) is 0 Å². The van der Waals surface area contributed by atoms with Gasteiger partial charge in [-0.3, -0.25) is 14.3 Å². The lowest BCUT2D eigenvalue weighted by molar-refractivity contribution is -0.0323. The molecule has 1 saturated heterocycles. The first-order valence-corrected chi connectivity index (χ1v) is 8.79. The van der Waals surface area contributed by atoms with E-state index in [2.05, 4.69) is 17.9 Å². The zero-order valence-electron chi connectivity index (χ0n) is 13.4. The highest BCUT2D eigenvalue weighted by molar-refractivity contribution is 5.99. The van der Waals surface area contributed by atoms with E-state index in [0.29, 0.717) is 5.92 Å². The predicted octanol–water partition coefficient (Wildman–Crippen LogP) is 2.60. The molecule has 4 heteroatoms. The second-order valence-corrected chi connectivity index (χ2v) is 7.36. The summed E-state index contributed by atoms with van der Waals surface area (Å²) in [6, 6.07) is 8.37. The van der Waals surface area contributed by atoms with Crippen LogP contribution >= 0.6 is 0 Å². The predicted molar refractivity (Wildman–Crippen MR) is 88.5 cm³/mol. The highest BCUT2D eigenvalue weighted by atomic mass is 16.3. The molecule has 120 valence electrons. The van der Waals surface area contributed by atoms with Crippen molar-refractivity contribution in [1.82, 2.24) is 9.47 Å². The van der Waals surface area contributed by atoms with Crippen molar-refractivity contribution >= 4 is 16.8 Å². The molecule has 0 unspecified atom stereocenters. The molecule has 1 aromatic heterocycles. The topological polar surface area (TPSA) is 45.5 Å². The Balaban J connectivity index is 1.79. The van der Waals surface area contributed by atoms with Crippen molar-refractivity contribution in [2.24, 2.45) is 11.8 Å². The molecule has 3 aliphatic rings. The minimum Gasteiger partial charge on any atom is -0.383 e. The largest absolute Gasteiger partial charge is 0.383 e. The third-order valence-corrected chi connectivity index (χ3v) is 6.30. The maximum atomic E-state index is 12.9. The molecule has 1 aromatic carbocycles. The van der Waals surface area contributed by atoms with E-state index >= 15 is 0 Å². The number of aliphatic hydroxyl groups excluding tert-OH is 1. The maximum Gasteiger partial charge on any atom is 0.260 e. The lowest BCUT2D eigenvalue weighted by Crippen LogP contribution is -2.55. The molecule has 4 atom stereocenters. The Bertz CT molecular complexity index is 809. The number of carbonyl (C=O) groups excluding carboxylic acids is 1. The molecule has 4 heterocycles. The van der Waals surface area contributed by atoms with Crippen molar-refractivity contribution < 1.29 is 9.90 Å². The molecule has 23 heavy (non-hydrogen) atoms. The molecular formula is C19H22N2O2. The first-order valence-electron chi connectivity index (χ1n) is 8.79. The Labute approximate surface area is 135 Å². The molecule has 1 fully saturated rings. The number of nitrogens with zero attached hydrogens (tertiary/aromatic N) is 2. The molecule has 0 radical (unpaired) electrons. The van der Waals surface area contributed by atoms with Crippen molar-refractivity contribution in [3.05, 3.63) is 35.5 Å². The SMILES string of the molecule is CC[C@@H]1C[C@H]2[C@H](O)C(=O)n3c4c(c5ccccc53)CCN(C1)[C@@H]42. The number of hydrogen-bond donors (Lipinski definition) is 1. The summed E-state index contributed by atoms with van der Waals surface area (Å²) >= 11 is 0. The fraction of sp³-hybridized carbons (Fsp3) is 0.526. The van der Waals surface area contributed by atoms with Crippen LogP contribution in [0.4, 0.5) is 0 Å². The van der Waals surface area contributed by atoms with Gasteiger partial charge < -0.3 is 5.11 Å². The van der Waals surface area contributed by atoms with Crippen LogP contribution in [0.1, 0.15) is 41.9 Å². The quantitative estimate of drug-likeness (QED) is 0.880. The van der Waals surface area contributed by atoms with E-state index in [1.54, 1.807) is 0 Å². The molecule has 2 aromatic rings. The number of piperidine rings is 1. The molecule has 0 saturated carbocycles. The van der Waals surface area contributed by atoms with Gasteiger partial charge in [0.05, 0.1) is 11.6 Å². The van der Waals surface area contributed by atoms with Crippen molar-refractivity contribution in [2.75, 3.05) is 13.1 Å². The van der Waals surface area contributed by atoms with Crippen LogP contribution in [0, 0.1) is 11.8 Å². The average Bonchev–Trinajstić information content (AvgIpc) is 2.93. The van der Waals surface area contributed by atoms with Gasteiger partial charge in [-0.05, 0) is 30.4 Å². The number of fused-ring (bicyclic) bond motifs is 3. The Morgan fingerprint density at radius 3 is 2.96 bits per heavy atom. The van der Waals surface area contributed by atoms with Crippen molar-refractivity contribution in [2.45, 2.75) is 38.3 Å². The van der Waals surface area contributed by atoms with Gasteiger partial charge in [0, 0.05) is 30.1 Å². The average molecular weight is 310 g/mol. The monoisotopic (exact) mass is 310 g/mol. The van der Waals surface area contributed by atoms with Crippen molar-refractivity contribution in [3.63, 3.8) is 0 Å². The zero-order valence-corrected chi connectivity index (χ0v) is 13.4. The van der Waals surface area contributed by atoms with E-state index in [1.165, 1.54) is 16.6 Å². The van der Waals surface area contributed by atoms with Gasteiger partial charge in [-0.25, -0.2) is 0 Å². The Morgan fingerprint density at radius 2 is 2.13 bits per heavy atom. The van der Waals surface area contributed by atoms with Gasteiger partial charge in [-0.1, -0.05) is 31.5 Å². The van der Waals surface area contributed by atoms with Gasteiger partial charge in [0.25, 0.3) is 5.91 Å². The fourth-order valence-electron chi connectivity index (χ4n) is 5.22. The van der Waals surface area contributed by atoms with Gasteiger partial charge in [0.1, 0.15) is 6.10 Å². The number of para-hydroxylation sites is 1. The highest BCUT2D eigenvalue weighted by Gasteiger charge is 2.50. The van der Waals surface area contributed by atoms with E-state index in [9.17, 15) is 9.90 Å². The smallest absolute Gasteiger partial charge is 0.260 e. The molecule has 4 nitrogen and oxygen atoms in total. The minimum absolute atomic E-state index is 0.0528. The number of carbonyl (C=O) groups is 1. The van der Waals surface area contributed by atoms with Crippen LogP contribution in [0.15, 0.2) is 24.3 Å². The number of hydrogen-bond acceptors (Lipinski definition) is 3. The van der Waals surface area contributed by atoms with Crippen LogP contribution in [0.25, 0.3) is 10.9 Å². The summed E-state index contributed by atoms with van der Waals surface area (Å²) < 4.78 is 1.83. The first-order chi connectivity index (χ1) is 11.2. The molecule has 5 rings (SSSR count). The third-order valence-electron chi connectivity index (χ3n) is 6.30. The molecule has 1 N–H and O–H groups in total. The normalized spacial score (nSPS) is 33.0. The standard InChI is InChI=1S/C19H22N2O2/c1-2-11-9-14-16-17-13(7-8-20(16)10-11)12-5-3-4-6-15(12)21(17)19(23)18(14)22/h3-6,11,14,16,18,22H,2,7-10H2,1H3/t11-,14-,16-,18+/m1/s1. The maximum absolute atomic E-state index is 12.9. The van der Waals surface area contributed by atoms with Crippen LogP contribution in [-0.2, 0) is 6.42 Å². The molecule has 0 aliphatic carbocycles. The van der Waals surface area contributed by atoms with Crippen LogP contribution in [0.2, 0.25) is 0 Å². The second kappa shape index (κ2) is 4.68. The Hall–Kier alpha value is -1.65. The van der Waals surface area contributed by atoms with E-state index in [0.717, 1.165) is 37.9 Å². The van der Waals surface area contributed by atoms with Gasteiger partial charge in [-0.15, -0.1) is 0 Å². The molecular weight excluding hydrogens is 288 g/mol. The fourth-order valence-corrected chi connectivity index (χ4v) is 5.22. The van der Waals surface area contributed by atoms with E-state index in [1.807, 2.05) is 22.8 Å². The summed E-state index contributed by atoms with van der Waals surface area (Å²) in [6.45, 7) is 4.35. The van der Waals surface area contributed by atoms with E-state index in [-0.39, 0.29) is 17.9 Å². The van der Waals surface area contributed by atoms with Crippen LogP contribution in [0.5, 0.6) is 0 Å². The van der Waals surface area contributed by atoms with Gasteiger partial charge in [0.2, 0.25) is 0 Å². The zero-order chi connectivity index (χ0) is 15.7. The van der Waals surface area contributed by atoms with E-state index < -0.39 is 6.10 Å².